The number of carboxylic acid groups (broad SMARTS) is 1. The van der Waals surface area contributed by atoms with E-state index in [2.05, 4.69) is 0 Å². The van der Waals surface area contributed by atoms with Crippen LogP contribution in [0.25, 0.3) is 5.76 Å². The zero-order valence-electron chi connectivity index (χ0n) is 15.0. The Morgan fingerprint density at radius 1 is 1.14 bits per heavy atom. The molecule has 1 heterocycles. The van der Waals surface area contributed by atoms with Gasteiger partial charge in [0.15, 0.2) is 0 Å². The van der Waals surface area contributed by atoms with Gasteiger partial charge in [0.1, 0.15) is 5.76 Å². The van der Waals surface area contributed by atoms with Crippen molar-refractivity contribution >= 4 is 35.0 Å². The van der Waals surface area contributed by atoms with Crippen LogP contribution in [0.4, 0.5) is 0 Å². The van der Waals surface area contributed by atoms with Crippen molar-refractivity contribution in [1.82, 2.24) is 4.90 Å². The molecule has 1 saturated heterocycles. The molecule has 0 saturated carbocycles. The molecule has 2 aromatic rings. The summed E-state index contributed by atoms with van der Waals surface area (Å²) in [4.78, 5) is 37.3. The number of carboxylic acids is 1. The summed E-state index contributed by atoms with van der Waals surface area (Å²) >= 11 is 6.28. The number of amides is 1. The summed E-state index contributed by atoms with van der Waals surface area (Å²) in [7, 11) is 0. The number of halogens is 1. The number of aliphatic carboxylic acids is 1. The number of aliphatic hydroxyl groups excluding tert-OH is 1. The van der Waals surface area contributed by atoms with Crippen molar-refractivity contribution in [1.29, 1.82) is 0 Å². The summed E-state index contributed by atoms with van der Waals surface area (Å²) in [6.07, 6.45) is -0.446. The quantitative estimate of drug-likeness (QED) is 0.473. The Hall–Kier alpha value is -3.12. The van der Waals surface area contributed by atoms with Gasteiger partial charge in [-0.3, -0.25) is 9.59 Å². The van der Waals surface area contributed by atoms with E-state index in [-0.39, 0.29) is 17.9 Å². The fourth-order valence-corrected chi connectivity index (χ4v) is 3.45. The fraction of sp³-hybridized carbons (Fsp3) is 0.190. The van der Waals surface area contributed by atoms with E-state index in [0.717, 1.165) is 10.5 Å². The summed E-state index contributed by atoms with van der Waals surface area (Å²) in [5, 5.41) is 22.0. The summed E-state index contributed by atoms with van der Waals surface area (Å²) in [5.74, 6) is -3.46. The summed E-state index contributed by atoms with van der Waals surface area (Å²) in [6, 6.07) is 12.4. The molecule has 6 nitrogen and oxygen atoms in total. The average molecular weight is 399 g/mol. The predicted octanol–water partition coefficient (Wildman–Crippen LogP) is 2.21. The smallest absolute Gasteiger partial charge is 0.295 e. The predicted molar refractivity (Wildman–Crippen MR) is 101 cm³/mol. The van der Waals surface area contributed by atoms with Gasteiger partial charge < -0.3 is 19.9 Å². The highest BCUT2D eigenvalue weighted by Gasteiger charge is 2.46. The number of benzene rings is 2. The van der Waals surface area contributed by atoms with Crippen LogP contribution >= 0.6 is 11.6 Å². The van der Waals surface area contributed by atoms with Crippen LogP contribution < -0.4 is 5.11 Å². The Labute approximate surface area is 166 Å². The number of carbonyl (C=O) groups excluding carboxylic acids is 3. The third-order valence-electron chi connectivity index (χ3n) is 4.62. The fourth-order valence-electron chi connectivity index (χ4n) is 3.21. The van der Waals surface area contributed by atoms with Crippen LogP contribution in [0, 0.1) is 6.92 Å². The van der Waals surface area contributed by atoms with Gasteiger partial charge in [0.05, 0.1) is 11.6 Å². The standard InChI is InChI=1S/C21H18ClNO5/c1-12-6-8-13(9-7-12)19(26)17-18(14-4-2-3-5-15(14)22)23(11-10-16(24)25)21(28)20(17)27/h2-9,18,26H,10-11H2,1H3,(H,24,25)/p-1/t18-/m0/s1. The number of ketones is 1. The number of rotatable bonds is 5. The number of likely N-dealkylation sites (tertiary alicyclic amines) is 1. The van der Waals surface area contributed by atoms with Gasteiger partial charge in [-0.05, 0) is 18.6 Å². The highest BCUT2D eigenvalue weighted by molar-refractivity contribution is 6.47. The SMILES string of the molecule is Cc1ccc(C(O)=C2C(=O)C(=O)N(CCC(=O)[O-])[C@H]2c2ccccc2Cl)cc1. The normalized spacial score (nSPS) is 18.5. The van der Waals surface area contributed by atoms with Crippen LogP contribution in [0.1, 0.15) is 29.2 Å². The molecule has 0 aromatic heterocycles. The molecule has 0 aliphatic carbocycles. The van der Waals surface area contributed by atoms with Crippen molar-refractivity contribution < 1.29 is 24.6 Å². The lowest BCUT2D eigenvalue weighted by atomic mass is 9.95. The monoisotopic (exact) mass is 398 g/mol. The van der Waals surface area contributed by atoms with Crippen molar-refractivity contribution in [3.63, 3.8) is 0 Å². The van der Waals surface area contributed by atoms with Gasteiger partial charge in [0.25, 0.3) is 11.7 Å². The van der Waals surface area contributed by atoms with E-state index in [1.165, 1.54) is 0 Å². The number of hydrogen-bond donors (Lipinski definition) is 1. The lowest BCUT2D eigenvalue weighted by Gasteiger charge is -2.26. The van der Waals surface area contributed by atoms with Gasteiger partial charge in [0, 0.05) is 29.5 Å². The lowest BCUT2D eigenvalue weighted by molar-refractivity contribution is -0.305. The van der Waals surface area contributed by atoms with E-state index in [4.69, 9.17) is 11.6 Å². The first-order valence-electron chi connectivity index (χ1n) is 8.61. The van der Waals surface area contributed by atoms with Crippen molar-refractivity contribution in [2.24, 2.45) is 0 Å². The molecule has 7 heteroatoms. The second kappa shape index (κ2) is 7.86. The molecule has 144 valence electrons. The molecule has 0 spiro atoms. The van der Waals surface area contributed by atoms with Crippen LogP contribution in [0.5, 0.6) is 0 Å². The topological polar surface area (TPSA) is 97.7 Å². The minimum absolute atomic E-state index is 0.125. The van der Waals surface area contributed by atoms with Gasteiger partial charge in [0.2, 0.25) is 0 Å². The largest absolute Gasteiger partial charge is 0.550 e. The lowest BCUT2D eigenvalue weighted by Crippen LogP contribution is -2.34. The summed E-state index contributed by atoms with van der Waals surface area (Å²) in [6.45, 7) is 1.64. The summed E-state index contributed by atoms with van der Waals surface area (Å²) in [5.41, 5.74) is 1.64. The van der Waals surface area contributed by atoms with Crippen molar-refractivity contribution in [2.75, 3.05) is 6.54 Å². The van der Waals surface area contributed by atoms with Crippen molar-refractivity contribution in [3.8, 4) is 0 Å². The number of carbonyl (C=O) groups is 3. The molecule has 1 amide bonds. The number of hydrogen-bond acceptors (Lipinski definition) is 5. The Balaban J connectivity index is 2.18. The maximum atomic E-state index is 12.7. The molecular formula is C21H17ClNO5-. The maximum absolute atomic E-state index is 12.7. The molecule has 2 aromatic carbocycles. The van der Waals surface area contributed by atoms with Crippen LogP contribution in [0.15, 0.2) is 54.1 Å². The average Bonchev–Trinajstić information content (AvgIpc) is 2.91. The van der Waals surface area contributed by atoms with E-state index in [0.29, 0.717) is 16.1 Å². The molecule has 0 unspecified atom stereocenters. The van der Waals surface area contributed by atoms with E-state index < -0.39 is 30.1 Å². The number of Topliss-reactive ketones (excluding diaryl/α,β-unsaturated/α-hetero) is 1. The Morgan fingerprint density at radius 2 is 1.79 bits per heavy atom. The third-order valence-corrected chi connectivity index (χ3v) is 4.97. The van der Waals surface area contributed by atoms with Crippen molar-refractivity contribution in [2.45, 2.75) is 19.4 Å². The molecule has 28 heavy (non-hydrogen) atoms. The van der Waals surface area contributed by atoms with E-state index >= 15 is 0 Å². The van der Waals surface area contributed by atoms with Crippen LogP contribution in [-0.4, -0.2) is 34.2 Å². The Morgan fingerprint density at radius 3 is 2.39 bits per heavy atom. The molecule has 1 atom stereocenters. The zero-order valence-corrected chi connectivity index (χ0v) is 15.8. The van der Waals surface area contributed by atoms with Crippen LogP contribution in [0.3, 0.4) is 0 Å². The van der Waals surface area contributed by atoms with Crippen LogP contribution in [-0.2, 0) is 14.4 Å². The maximum Gasteiger partial charge on any atom is 0.295 e. The highest BCUT2D eigenvalue weighted by Crippen LogP contribution is 2.41. The number of aryl methyl sites for hydroxylation is 1. The minimum atomic E-state index is -1.35. The molecular weight excluding hydrogens is 382 g/mol. The molecule has 1 aliphatic heterocycles. The third kappa shape index (κ3) is 3.64. The molecule has 1 aliphatic rings. The summed E-state index contributed by atoms with van der Waals surface area (Å²) < 4.78 is 0. The van der Waals surface area contributed by atoms with Crippen LogP contribution in [0.2, 0.25) is 5.02 Å². The van der Waals surface area contributed by atoms with Gasteiger partial charge >= 0.3 is 0 Å². The molecule has 1 N–H and O–H groups in total. The first kappa shape index (κ1) is 19.6. The number of aliphatic hydroxyl groups is 1. The second-order valence-electron chi connectivity index (χ2n) is 6.50. The highest BCUT2D eigenvalue weighted by atomic mass is 35.5. The van der Waals surface area contributed by atoms with Gasteiger partial charge in [-0.15, -0.1) is 0 Å². The van der Waals surface area contributed by atoms with E-state index in [1.54, 1.807) is 48.5 Å². The number of nitrogens with zero attached hydrogens (tertiary/aromatic N) is 1. The molecule has 1 fully saturated rings. The molecule has 0 bridgehead atoms. The Kier molecular flexibility index (Phi) is 5.51. The first-order chi connectivity index (χ1) is 13.3. The van der Waals surface area contributed by atoms with E-state index in [1.807, 2.05) is 6.92 Å². The van der Waals surface area contributed by atoms with E-state index in [9.17, 15) is 24.6 Å². The van der Waals surface area contributed by atoms with Gasteiger partial charge in [-0.1, -0.05) is 59.6 Å². The molecule has 3 rings (SSSR count). The van der Waals surface area contributed by atoms with Crippen molar-refractivity contribution in [3.05, 3.63) is 75.8 Å². The minimum Gasteiger partial charge on any atom is -0.550 e. The molecule has 0 radical (unpaired) electrons. The zero-order chi connectivity index (χ0) is 20.4. The van der Waals surface area contributed by atoms with Gasteiger partial charge in [-0.25, -0.2) is 0 Å². The van der Waals surface area contributed by atoms with Gasteiger partial charge in [-0.2, -0.15) is 0 Å². The second-order valence-corrected chi connectivity index (χ2v) is 6.91. The Bertz CT molecular complexity index is 981. The first-order valence-corrected chi connectivity index (χ1v) is 8.98.